The maximum absolute atomic E-state index is 12.4. The number of carbonyl (C=O) groups is 2. The number of hydrogen-bond acceptors (Lipinski definition) is 4. The summed E-state index contributed by atoms with van der Waals surface area (Å²) in [5.74, 6) is 1.79. The highest BCUT2D eigenvalue weighted by molar-refractivity contribution is 7.99. The molecule has 1 heterocycles. The lowest BCUT2D eigenvalue weighted by Gasteiger charge is -2.32. The molecular weight excluding hydrogens is 298 g/mol. The fraction of sp³-hybridized carbons (Fsp3) is 0.846. The van der Waals surface area contributed by atoms with Crippen LogP contribution in [0.3, 0.4) is 0 Å². The second-order valence-electron chi connectivity index (χ2n) is 5.62. The van der Waals surface area contributed by atoms with Crippen LogP contribution in [0.25, 0.3) is 0 Å². The first-order chi connectivity index (χ1) is 9.01. The van der Waals surface area contributed by atoms with E-state index in [9.17, 15) is 9.59 Å². The summed E-state index contributed by atoms with van der Waals surface area (Å²) in [7, 11) is 0. The van der Waals surface area contributed by atoms with Gasteiger partial charge in [-0.05, 0) is 25.7 Å². The van der Waals surface area contributed by atoms with E-state index in [1.54, 1.807) is 16.7 Å². The molecule has 1 saturated carbocycles. The minimum atomic E-state index is -0.331. The molecular formula is C13H24ClN3O2S. The molecule has 20 heavy (non-hydrogen) atoms. The topological polar surface area (TPSA) is 75.4 Å². The van der Waals surface area contributed by atoms with E-state index in [4.69, 9.17) is 5.73 Å². The van der Waals surface area contributed by atoms with Crippen molar-refractivity contribution in [2.24, 2.45) is 11.7 Å². The Kier molecular flexibility index (Phi) is 6.16. The number of nitrogens with two attached hydrogens (primary N) is 1. The summed E-state index contributed by atoms with van der Waals surface area (Å²) in [4.78, 5) is 25.9. The first-order valence-corrected chi connectivity index (χ1v) is 8.06. The Morgan fingerprint density at radius 1 is 1.45 bits per heavy atom. The molecule has 2 fully saturated rings. The standard InChI is InChI=1S/C13H23N3O2S.ClH/c1-3-11(17)16-8-19-6-10(16)12(18)15-13(2,7-14)9-4-5-9;/h9-10H,3-8,14H2,1-2H3,(H,15,18);1H. The van der Waals surface area contributed by atoms with Crippen molar-refractivity contribution in [3.8, 4) is 0 Å². The summed E-state index contributed by atoms with van der Waals surface area (Å²) < 4.78 is 0. The Balaban J connectivity index is 0.00000200. The first-order valence-electron chi connectivity index (χ1n) is 6.91. The Labute approximate surface area is 130 Å². The van der Waals surface area contributed by atoms with Crippen LogP contribution in [0.15, 0.2) is 0 Å². The summed E-state index contributed by atoms with van der Waals surface area (Å²) in [6.45, 7) is 4.29. The molecule has 1 saturated heterocycles. The number of rotatable bonds is 5. The van der Waals surface area contributed by atoms with Crippen molar-refractivity contribution in [3.63, 3.8) is 0 Å². The second kappa shape index (κ2) is 7.00. The molecule has 3 N–H and O–H groups in total. The van der Waals surface area contributed by atoms with Gasteiger partial charge in [-0.2, -0.15) is 0 Å². The van der Waals surface area contributed by atoms with Gasteiger partial charge in [-0.15, -0.1) is 24.2 Å². The Morgan fingerprint density at radius 2 is 2.10 bits per heavy atom. The molecule has 5 nitrogen and oxygen atoms in total. The average Bonchev–Trinajstić information content (AvgIpc) is 3.15. The number of amides is 2. The molecule has 0 spiro atoms. The van der Waals surface area contributed by atoms with Gasteiger partial charge in [0.25, 0.3) is 0 Å². The fourth-order valence-corrected chi connectivity index (χ4v) is 3.69. The maximum Gasteiger partial charge on any atom is 0.244 e. The van der Waals surface area contributed by atoms with Crippen molar-refractivity contribution < 1.29 is 9.59 Å². The van der Waals surface area contributed by atoms with Crippen LogP contribution < -0.4 is 11.1 Å². The zero-order valence-corrected chi connectivity index (χ0v) is 13.7. The number of thioether (sulfide) groups is 1. The number of nitrogens with zero attached hydrogens (tertiary/aromatic N) is 1. The quantitative estimate of drug-likeness (QED) is 0.791. The van der Waals surface area contributed by atoms with Crippen molar-refractivity contribution in [3.05, 3.63) is 0 Å². The highest BCUT2D eigenvalue weighted by atomic mass is 35.5. The van der Waals surface area contributed by atoms with Gasteiger partial charge in [-0.1, -0.05) is 6.92 Å². The van der Waals surface area contributed by atoms with Gasteiger partial charge in [0.05, 0.1) is 11.4 Å². The number of carbonyl (C=O) groups excluding carboxylic acids is 2. The van der Waals surface area contributed by atoms with Gasteiger partial charge in [0.15, 0.2) is 0 Å². The lowest BCUT2D eigenvalue weighted by molar-refractivity contribution is -0.138. The van der Waals surface area contributed by atoms with E-state index in [2.05, 4.69) is 5.32 Å². The van der Waals surface area contributed by atoms with Crippen molar-refractivity contribution in [1.29, 1.82) is 0 Å². The maximum atomic E-state index is 12.4. The van der Waals surface area contributed by atoms with Crippen LogP contribution in [-0.2, 0) is 9.59 Å². The van der Waals surface area contributed by atoms with Crippen LogP contribution in [0.1, 0.15) is 33.1 Å². The predicted molar refractivity (Wildman–Crippen MR) is 83.8 cm³/mol. The third-order valence-corrected chi connectivity index (χ3v) is 5.13. The summed E-state index contributed by atoms with van der Waals surface area (Å²) >= 11 is 1.63. The molecule has 0 bridgehead atoms. The number of hydrogen-bond donors (Lipinski definition) is 2. The average molecular weight is 322 g/mol. The van der Waals surface area contributed by atoms with Gasteiger partial charge in [-0.25, -0.2) is 0 Å². The monoisotopic (exact) mass is 321 g/mol. The zero-order chi connectivity index (χ0) is 14.0. The Bertz CT molecular complexity index is 379. The molecule has 2 amide bonds. The number of halogens is 1. The molecule has 0 radical (unpaired) electrons. The normalized spacial score (nSPS) is 24.8. The molecule has 2 atom stereocenters. The molecule has 116 valence electrons. The van der Waals surface area contributed by atoms with Crippen LogP contribution in [0.4, 0.5) is 0 Å². The summed E-state index contributed by atoms with van der Waals surface area (Å²) in [5, 5.41) is 3.08. The van der Waals surface area contributed by atoms with Crippen molar-refractivity contribution in [2.75, 3.05) is 18.2 Å². The zero-order valence-electron chi connectivity index (χ0n) is 12.1. The minimum Gasteiger partial charge on any atom is -0.348 e. The molecule has 7 heteroatoms. The lowest BCUT2D eigenvalue weighted by Crippen LogP contribution is -2.58. The molecule has 0 aromatic heterocycles. The third kappa shape index (κ3) is 3.59. The highest BCUT2D eigenvalue weighted by Crippen LogP contribution is 2.39. The van der Waals surface area contributed by atoms with Crippen LogP contribution in [0.5, 0.6) is 0 Å². The molecule has 2 unspecified atom stereocenters. The highest BCUT2D eigenvalue weighted by Gasteiger charge is 2.44. The van der Waals surface area contributed by atoms with E-state index >= 15 is 0 Å². The summed E-state index contributed by atoms with van der Waals surface area (Å²) in [6.07, 6.45) is 2.71. The van der Waals surface area contributed by atoms with Gasteiger partial charge < -0.3 is 16.0 Å². The molecule has 0 aromatic carbocycles. The molecule has 1 aliphatic heterocycles. The van der Waals surface area contributed by atoms with Gasteiger partial charge in [0.1, 0.15) is 6.04 Å². The smallest absolute Gasteiger partial charge is 0.244 e. The van der Waals surface area contributed by atoms with E-state index in [-0.39, 0.29) is 35.8 Å². The van der Waals surface area contributed by atoms with E-state index < -0.39 is 0 Å². The van der Waals surface area contributed by atoms with Crippen molar-refractivity contribution >= 4 is 36.0 Å². The lowest BCUT2D eigenvalue weighted by atomic mass is 9.95. The van der Waals surface area contributed by atoms with E-state index in [0.717, 1.165) is 12.8 Å². The van der Waals surface area contributed by atoms with Crippen LogP contribution >= 0.6 is 24.2 Å². The summed E-state index contributed by atoms with van der Waals surface area (Å²) in [5.41, 5.74) is 5.50. The van der Waals surface area contributed by atoms with Crippen LogP contribution in [0.2, 0.25) is 0 Å². The van der Waals surface area contributed by atoms with Gasteiger partial charge in [0.2, 0.25) is 11.8 Å². The van der Waals surface area contributed by atoms with E-state index in [0.29, 0.717) is 30.5 Å². The van der Waals surface area contributed by atoms with Crippen molar-refractivity contribution in [1.82, 2.24) is 10.2 Å². The minimum absolute atomic E-state index is 0. The molecule has 0 aromatic rings. The van der Waals surface area contributed by atoms with Gasteiger partial charge in [0, 0.05) is 18.7 Å². The SMILES string of the molecule is CCC(=O)N1CSCC1C(=O)NC(C)(CN)C1CC1.Cl. The number of nitrogens with one attached hydrogen (secondary N) is 1. The van der Waals surface area contributed by atoms with Crippen LogP contribution in [0, 0.1) is 5.92 Å². The molecule has 2 aliphatic rings. The predicted octanol–water partition coefficient (Wildman–Crippen LogP) is 0.963. The first kappa shape index (κ1) is 17.6. The van der Waals surface area contributed by atoms with E-state index in [1.807, 2.05) is 13.8 Å². The fourth-order valence-electron chi connectivity index (χ4n) is 2.51. The molecule has 2 rings (SSSR count). The van der Waals surface area contributed by atoms with Crippen molar-refractivity contribution in [2.45, 2.75) is 44.7 Å². The molecule has 1 aliphatic carbocycles. The van der Waals surface area contributed by atoms with Gasteiger partial charge >= 0.3 is 0 Å². The van der Waals surface area contributed by atoms with E-state index in [1.165, 1.54) is 0 Å². The van der Waals surface area contributed by atoms with Gasteiger partial charge in [-0.3, -0.25) is 9.59 Å². The largest absolute Gasteiger partial charge is 0.348 e. The van der Waals surface area contributed by atoms with Crippen LogP contribution in [-0.4, -0.2) is 46.5 Å². The third-order valence-electron chi connectivity index (χ3n) is 4.12. The summed E-state index contributed by atoms with van der Waals surface area (Å²) in [6, 6.07) is -0.331. The Morgan fingerprint density at radius 3 is 2.60 bits per heavy atom. The Hall–Kier alpha value is -0.460. The second-order valence-corrected chi connectivity index (χ2v) is 6.62.